The summed E-state index contributed by atoms with van der Waals surface area (Å²) in [6.45, 7) is 2.97. The Balaban J connectivity index is 1.94. The van der Waals surface area contributed by atoms with Crippen LogP contribution in [0, 0.1) is 0 Å². The Bertz CT molecular complexity index is 549. The van der Waals surface area contributed by atoms with Gasteiger partial charge in [0.1, 0.15) is 0 Å². The minimum atomic E-state index is 0.0503. The molecule has 0 amide bonds. The molecule has 0 saturated carbocycles. The van der Waals surface area contributed by atoms with Crippen LogP contribution in [0.2, 0.25) is 0 Å². The minimum Gasteiger partial charge on any atom is -0.270 e. The monoisotopic (exact) mass is 290 g/mol. The first-order valence-electron chi connectivity index (χ1n) is 7.42. The highest BCUT2D eigenvalue weighted by Gasteiger charge is 2.21. The van der Waals surface area contributed by atoms with Crippen molar-refractivity contribution in [1.82, 2.24) is 15.2 Å². The number of hydrazine groups is 1. The standard InChI is InChI=1S/C15H22N4S/c1-2-19-12(8-9-17-19)15(18-16)14-10-11-6-4-3-5-7-13(11)20-14/h8-10,15,18H,2-7,16H2,1H3. The highest BCUT2D eigenvalue weighted by Crippen LogP contribution is 2.34. The van der Waals surface area contributed by atoms with E-state index in [-0.39, 0.29) is 6.04 Å². The molecule has 4 nitrogen and oxygen atoms in total. The van der Waals surface area contributed by atoms with Gasteiger partial charge in [-0.15, -0.1) is 11.3 Å². The zero-order chi connectivity index (χ0) is 13.9. The third-order valence-electron chi connectivity index (χ3n) is 4.06. The van der Waals surface area contributed by atoms with Gasteiger partial charge >= 0.3 is 0 Å². The van der Waals surface area contributed by atoms with Crippen molar-refractivity contribution in [3.63, 3.8) is 0 Å². The minimum absolute atomic E-state index is 0.0503. The first-order chi connectivity index (χ1) is 9.83. The van der Waals surface area contributed by atoms with E-state index in [1.54, 1.807) is 4.88 Å². The quantitative estimate of drug-likeness (QED) is 0.517. The van der Waals surface area contributed by atoms with E-state index >= 15 is 0 Å². The van der Waals surface area contributed by atoms with Crippen molar-refractivity contribution in [2.24, 2.45) is 5.84 Å². The molecule has 0 fully saturated rings. The molecular weight excluding hydrogens is 268 g/mol. The van der Waals surface area contributed by atoms with Crippen LogP contribution in [-0.4, -0.2) is 9.78 Å². The Morgan fingerprint density at radius 2 is 2.25 bits per heavy atom. The average Bonchev–Trinajstić information content (AvgIpc) is 3.02. The van der Waals surface area contributed by atoms with Gasteiger partial charge in [-0.05, 0) is 50.3 Å². The Hall–Kier alpha value is -1.17. The lowest BCUT2D eigenvalue weighted by molar-refractivity contribution is 0.548. The molecule has 1 unspecified atom stereocenters. The number of nitrogens with zero attached hydrogens (tertiary/aromatic N) is 2. The number of aryl methyl sites for hydroxylation is 3. The number of rotatable bonds is 4. The van der Waals surface area contributed by atoms with Gasteiger partial charge in [0.15, 0.2) is 0 Å². The summed E-state index contributed by atoms with van der Waals surface area (Å²) in [6.07, 6.45) is 8.29. The lowest BCUT2D eigenvalue weighted by atomic mass is 10.1. The molecule has 0 aromatic carbocycles. The van der Waals surface area contributed by atoms with Crippen LogP contribution in [-0.2, 0) is 19.4 Å². The molecule has 3 N–H and O–H groups in total. The molecule has 3 rings (SSSR count). The van der Waals surface area contributed by atoms with E-state index < -0.39 is 0 Å². The Morgan fingerprint density at radius 3 is 3.05 bits per heavy atom. The van der Waals surface area contributed by atoms with E-state index in [9.17, 15) is 0 Å². The van der Waals surface area contributed by atoms with Crippen molar-refractivity contribution in [2.75, 3.05) is 0 Å². The van der Waals surface area contributed by atoms with E-state index in [2.05, 4.69) is 29.6 Å². The molecule has 0 radical (unpaired) electrons. The second-order valence-electron chi connectivity index (χ2n) is 5.33. The van der Waals surface area contributed by atoms with Gasteiger partial charge in [0, 0.05) is 22.5 Å². The Morgan fingerprint density at radius 1 is 1.40 bits per heavy atom. The van der Waals surface area contributed by atoms with Crippen LogP contribution in [0.1, 0.15) is 53.2 Å². The Labute approximate surface area is 124 Å². The van der Waals surface area contributed by atoms with Crippen molar-refractivity contribution < 1.29 is 0 Å². The van der Waals surface area contributed by atoms with Crippen LogP contribution in [0.15, 0.2) is 18.3 Å². The number of hydrogen-bond donors (Lipinski definition) is 2. The van der Waals surface area contributed by atoms with Gasteiger partial charge in [-0.1, -0.05) is 6.42 Å². The number of fused-ring (bicyclic) bond motifs is 1. The summed E-state index contributed by atoms with van der Waals surface area (Å²) in [5, 5.41) is 4.35. The van der Waals surface area contributed by atoms with Gasteiger partial charge in [0.2, 0.25) is 0 Å². The zero-order valence-corrected chi connectivity index (χ0v) is 12.7. The molecule has 2 aromatic rings. The smallest absolute Gasteiger partial charge is 0.0970 e. The first-order valence-corrected chi connectivity index (χ1v) is 8.24. The molecule has 1 atom stereocenters. The summed E-state index contributed by atoms with van der Waals surface area (Å²) in [5.41, 5.74) is 5.65. The lowest BCUT2D eigenvalue weighted by Crippen LogP contribution is -2.30. The lowest BCUT2D eigenvalue weighted by Gasteiger charge is -2.15. The molecule has 2 heterocycles. The molecular formula is C15H22N4S. The molecule has 0 bridgehead atoms. The third kappa shape index (κ3) is 2.53. The van der Waals surface area contributed by atoms with E-state index in [0.717, 1.165) is 12.2 Å². The van der Waals surface area contributed by atoms with E-state index in [1.807, 2.05) is 22.2 Å². The highest BCUT2D eigenvalue weighted by molar-refractivity contribution is 7.12. The van der Waals surface area contributed by atoms with Crippen molar-refractivity contribution in [2.45, 2.75) is 51.6 Å². The van der Waals surface area contributed by atoms with Crippen LogP contribution in [0.5, 0.6) is 0 Å². The second-order valence-corrected chi connectivity index (χ2v) is 6.50. The summed E-state index contributed by atoms with van der Waals surface area (Å²) in [4.78, 5) is 2.87. The van der Waals surface area contributed by atoms with Gasteiger partial charge in [-0.3, -0.25) is 10.5 Å². The normalized spacial score (nSPS) is 16.7. The maximum absolute atomic E-state index is 5.82. The maximum Gasteiger partial charge on any atom is 0.0970 e. The molecule has 0 aliphatic heterocycles. The van der Waals surface area contributed by atoms with Gasteiger partial charge in [-0.2, -0.15) is 5.10 Å². The SMILES string of the molecule is CCn1nccc1C(NN)c1cc2c(s1)CCCCC2. The van der Waals surface area contributed by atoms with Gasteiger partial charge in [0.25, 0.3) is 0 Å². The molecule has 0 saturated heterocycles. The topological polar surface area (TPSA) is 55.9 Å². The van der Waals surface area contributed by atoms with Crippen LogP contribution in [0.25, 0.3) is 0 Å². The summed E-state index contributed by atoms with van der Waals surface area (Å²) in [7, 11) is 0. The van der Waals surface area contributed by atoms with Crippen molar-refractivity contribution in [3.8, 4) is 0 Å². The fourth-order valence-electron chi connectivity index (χ4n) is 3.00. The summed E-state index contributed by atoms with van der Waals surface area (Å²) >= 11 is 1.92. The predicted molar refractivity (Wildman–Crippen MR) is 82.6 cm³/mol. The molecule has 1 aliphatic rings. The van der Waals surface area contributed by atoms with E-state index in [1.165, 1.54) is 42.5 Å². The van der Waals surface area contributed by atoms with Crippen LogP contribution < -0.4 is 11.3 Å². The fraction of sp³-hybridized carbons (Fsp3) is 0.533. The van der Waals surface area contributed by atoms with Crippen molar-refractivity contribution in [3.05, 3.63) is 39.3 Å². The van der Waals surface area contributed by atoms with Gasteiger partial charge in [-0.25, -0.2) is 5.43 Å². The average molecular weight is 290 g/mol. The van der Waals surface area contributed by atoms with Crippen LogP contribution in [0.3, 0.4) is 0 Å². The van der Waals surface area contributed by atoms with E-state index in [4.69, 9.17) is 5.84 Å². The molecule has 20 heavy (non-hydrogen) atoms. The Kier molecular flexibility index (Phi) is 4.19. The highest BCUT2D eigenvalue weighted by atomic mass is 32.1. The van der Waals surface area contributed by atoms with Crippen molar-refractivity contribution >= 4 is 11.3 Å². The maximum atomic E-state index is 5.82. The molecule has 108 valence electrons. The second kappa shape index (κ2) is 6.08. The number of aromatic nitrogens is 2. The third-order valence-corrected chi connectivity index (χ3v) is 5.36. The summed E-state index contributed by atoms with van der Waals surface area (Å²) in [6, 6.07) is 4.45. The molecule has 1 aliphatic carbocycles. The van der Waals surface area contributed by atoms with Gasteiger partial charge < -0.3 is 0 Å². The fourth-order valence-corrected chi connectivity index (χ4v) is 4.33. The molecule has 0 spiro atoms. The van der Waals surface area contributed by atoms with Crippen molar-refractivity contribution in [1.29, 1.82) is 0 Å². The number of thiophene rings is 1. The first kappa shape index (κ1) is 13.8. The largest absolute Gasteiger partial charge is 0.270 e. The van der Waals surface area contributed by atoms with E-state index in [0.29, 0.717) is 0 Å². The molecule has 5 heteroatoms. The number of hydrogen-bond acceptors (Lipinski definition) is 4. The predicted octanol–water partition coefficient (Wildman–Crippen LogP) is 2.79. The zero-order valence-electron chi connectivity index (χ0n) is 11.9. The van der Waals surface area contributed by atoms with Crippen LogP contribution in [0.4, 0.5) is 0 Å². The van der Waals surface area contributed by atoms with Gasteiger partial charge in [0.05, 0.1) is 11.7 Å². The summed E-state index contributed by atoms with van der Waals surface area (Å²) < 4.78 is 2.01. The number of nitrogens with one attached hydrogen (secondary N) is 1. The molecule has 2 aromatic heterocycles. The van der Waals surface area contributed by atoms with Crippen LogP contribution >= 0.6 is 11.3 Å². The summed E-state index contributed by atoms with van der Waals surface area (Å²) in [5.74, 6) is 5.82. The number of nitrogens with two attached hydrogens (primary N) is 1.